The topological polar surface area (TPSA) is 57.6 Å². The summed E-state index contributed by atoms with van der Waals surface area (Å²) in [6.45, 7) is 1.54. The molecular weight excluding hydrogens is 426 g/mol. The van der Waals surface area contributed by atoms with Crippen LogP contribution in [0.5, 0.6) is 5.75 Å². The molecule has 10 heteroatoms. The van der Waals surface area contributed by atoms with E-state index in [2.05, 4.69) is 19.9 Å². The van der Waals surface area contributed by atoms with Gasteiger partial charge in [-0.2, -0.15) is 0 Å². The number of halogens is 5. The van der Waals surface area contributed by atoms with E-state index < -0.39 is 23.4 Å². The number of rotatable bonds is 5. The predicted octanol–water partition coefficient (Wildman–Crippen LogP) is 3.55. The van der Waals surface area contributed by atoms with Crippen LogP contribution in [0.15, 0.2) is 42.7 Å². The maximum Gasteiger partial charge on any atom is 0.573 e. The molecule has 0 aliphatic carbocycles. The molecule has 0 bridgehead atoms. The normalized spacial score (nSPS) is 20.1. The monoisotopic (exact) mass is 447 g/mol. The van der Waals surface area contributed by atoms with Gasteiger partial charge in [-0.05, 0) is 36.6 Å². The van der Waals surface area contributed by atoms with Crippen molar-refractivity contribution in [1.29, 1.82) is 0 Å². The third-order valence-electron chi connectivity index (χ3n) is 5.58. The Bertz CT molecular complexity index is 871. The van der Waals surface area contributed by atoms with Gasteiger partial charge in [0.15, 0.2) is 11.3 Å². The van der Waals surface area contributed by atoms with Crippen LogP contribution < -0.4 is 15.0 Å². The SMILES string of the molecule is Cl.OC(c1ccc(OC(F)(F)F)cc1)(c1cncc(N2CCCC2)c1)C1(F)CNC1. The van der Waals surface area contributed by atoms with Crippen LogP contribution in [0.2, 0.25) is 0 Å². The fraction of sp³-hybridized carbons (Fsp3) is 0.450. The van der Waals surface area contributed by atoms with Gasteiger partial charge in [-0.3, -0.25) is 4.98 Å². The highest BCUT2D eigenvalue weighted by Crippen LogP contribution is 2.45. The highest BCUT2D eigenvalue weighted by Gasteiger charge is 2.57. The Balaban J connectivity index is 0.00000256. The first-order chi connectivity index (χ1) is 13.7. The van der Waals surface area contributed by atoms with Gasteiger partial charge >= 0.3 is 6.36 Å². The van der Waals surface area contributed by atoms with Gasteiger partial charge in [-0.15, -0.1) is 25.6 Å². The molecule has 164 valence electrons. The van der Waals surface area contributed by atoms with Crippen LogP contribution >= 0.6 is 12.4 Å². The molecule has 0 radical (unpaired) electrons. The van der Waals surface area contributed by atoms with Crippen molar-refractivity contribution in [2.24, 2.45) is 0 Å². The molecule has 1 aromatic carbocycles. The van der Waals surface area contributed by atoms with Crippen LogP contribution in [0.1, 0.15) is 24.0 Å². The molecule has 2 aliphatic rings. The largest absolute Gasteiger partial charge is 0.573 e. The summed E-state index contributed by atoms with van der Waals surface area (Å²) in [7, 11) is 0. The zero-order valence-electron chi connectivity index (χ0n) is 16.0. The van der Waals surface area contributed by atoms with Gasteiger partial charge in [0.05, 0.1) is 11.9 Å². The summed E-state index contributed by atoms with van der Waals surface area (Å²) in [5.74, 6) is -0.438. The van der Waals surface area contributed by atoms with Crippen molar-refractivity contribution in [1.82, 2.24) is 10.3 Å². The second-order valence-electron chi connectivity index (χ2n) is 7.48. The van der Waals surface area contributed by atoms with Gasteiger partial charge in [0.25, 0.3) is 0 Å². The molecule has 5 nitrogen and oxygen atoms in total. The van der Waals surface area contributed by atoms with Crippen LogP contribution in [-0.4, -0.2) is 48.3 Å². The van der Waals surface area contributed by atoms with Crippen LogP contribution in [0.3, 0.4) is 0 Å². The van der Waals surface area contributed by atoms with E-state index >= 15 is 4.39 Å². The van der Waals surface area contributed by atoms with Crippen molar-refractivity contribution in [3.63, 3.8) is 0 Å². The smallest absolute Gasteiger partial charge is 0.406 e. The fourth-order valence-electron chi connectivity index (χ4n) is 3.96. The molecule has 1 aromatic heterocycles. The standard InChI is InChI=1S/C20H21F4N3O2.ClH/c21-18(12-26-13-18)19(28,14-3-5-17(6-4-14)29-20(22,23)24)15-9-16(11-25-10-15)27-7-1-2-8-27;/h3-6,9-11,26,28H,1-2,7-8,12-13H2;1H. The van der Waals surface area contributed by atoms with E-state index in [0.717, 1.165) is 43.8 Å². The number of aromatic nitrogens is 1. The van der Waals surface area contributed by atoms with E-state index in [-0.39, 0.29) is 36.6 Å². The lowest BCUT2D eigenvalue weighted by Gasteiger charge is -2.48. The third-order valence-corrected chi connectivity index (χ3v) is 5.58. The van der Waals surface area contributed by atoms with E-state index in [1.165, 1.54) is 18.3 Å². The fourth-order valence-corrected chi connectivity index (χ4v) is 3.96. The summed E-state index contributed by atoms with van der Waals surface area (Å²) in [6.07, 6.45) is 0.335. The van der Waals surface area contributed by atoms with Gasteiger partial charge in [0.2, 0.25) is 0 Å². The highest BCUT2D eigenvalue weighted by molar-refractivity contribution is 5.85. The number of pyridine rings is 1. The van der Waals surface area contributed by atoms with Gasteiger partial charge in [-0.1, -0.05) is 12.1 Å². The maximum absolute atomic E-state index is 15.6. The number of benzene rings is 1. The summed E-state index contributed by atoms with van der Waals surface area (Å²) in [6, 6.07) is 6.35. The zero-order valence-corrected chi connectivity index (χ0v) is 16.8. The number of hydrogen-bond acceptors (Lipinski definition) is 5. The van der Waals surface area contributed by atoms with Gasteiger partial charge in [0, 0.05) is 37.9 Å². The summed E-state index contributed by atoms with van der Waals surface area (Å²) in [5.41, 5.74) is -2.92. The number of anilines is 1. The van der Waals surface area contributed by atoms with Gasteiger partial charge in [0.1, 0.15) is 5.75 Å². The van der Waals surface area contributed by atoms with E-state index in [1.807, 2.05) is 0 Å². The molecule has 2 N–H and O–H groups in total. The second kappa shape index (κ2) is 8.20. The average molecular weight is 448 g/mol. The first-order valence-electron chi connectivity index (χ1n) is 9.40. The molecule has 2 aromatic rings. The Hall–Kier alpha value is -2.10. The van der Waals surface area contributed by atoms with Crippen molar-refractivity contribution in [3.05, 3.63) is 53.9 Å². The lowest BCUT2D eigenvalue weighted by Crippen LogP contribution is -2.68. The number of nitrogens with zero attached hydrogens (tertiary/aromatic N) is 2. The van der Waals surface area contributed by atoms with Gasteiger partial charge < -0.3 is 20.1 Å². The van der Waals surface area contributed by atoms with Crippen molar-refractivity contribution in [2.75, 3.05) is 31.1 Å². The molecule has 0 spiro atoms. The molecular formula is C20H22ClF4N3O2. The summed E-state index contributed by atoms with van der Waals surface area (Å²) >= 11 is 0. The summed E-state index contributed by atoms with van der Waals surface area (Å²) < 4.78 is 56.8. The number of aliphatic hydroxyl groups is 1. The summed E-state index contributed by atoms with van der Waals surface area (Å²) in [4.78, 5) is 6.31. The van der Waals surface area contributed by atoms with Crippen molar-refractivity contribution in [3.8, 4) is 5.75 Å². The Morgan fingerprint density at radius 2 is 1.67 bits per heavy atom. The molecule has 2 saturated heterocycles. The third kappa shape index (κ3) is 4.06. The van der Waals surface area contributed by atoms with Crippen molar-refractivity contribution < 1.29 is 27.4 Å². The minimum Gasteiger partial charge on any atom is -0.406 e. The van der Waals surface area contributed by atoms with E-state index in [0.29, 0.717) is 0 Å². The molecule has 4 rings (SSSR count). The Kier molecular flexibility index (Phi) is 6.18. The first kappa shape index (κ1) is 22.6. The second-order valence-corrected chi connectivity index (χ2v) is 7.48. The minimum atomic E-state index is -4.83. The molecule has 3 heterocycles. The van der Waals surface area contributed by atoms with Crippen LogP contribution in [-0.2, 0) is 5.60 Å². The molecule has 0 saturated carbocycles. The molecule has 2 aliphatic heterocycles. The molecule has 2 fully saturated rings. The quantitative estimate of drug-likeness (QED) is 0.687. The Labute approximate surface area is 177 Å². The maximum atomic E-state index is 15.6. The lowest BCUT2D eigenvalue weighted by molar-refractivity contribution is -0.274. The van der Waals surface area contributed by atoms with E-state index in [9.17, 15) is 18.3 Å². The number of hydrogen-bond donors (Lipinski definition) is 2. The van der Waals surface area contributed by atoms with Gasteiger partial charge in [-0.25, -0.2) is 4.39 Å². The Morgan fingerprint density at radius 1 is 1.03 bits per heavy atom. The number of nitrogens with one attached hydrogen (secondary N) is 1. The minimum absolute atomic E-state index is 0. The van der Waals surface area contributed by atoms with Crippen molar-refractivity contribution in [2.45, 2.75) is 30.5 Å². The number of ether oxygens (including phenoxy) is 1. The predicted molar refractivity (Wildman–Crippen MR) is 106 cm³/mol. The number of alkyl halides is 4. The summed E-state index contributed by atoms with van der Waals surface area (Å²) in [5, 5.41) is 14.4. The van der Waals surface area contributed by atoms with E-state index in [1.54, 1.807) is 12.3 Å². The molecule has 0 amide bonds. The highest BCUT2D eigenvalue weighted by atomic mass is 35.5. The Morgan fingerprint density at radius 3 is 2.20 bits per heavy atom. The average Bonchev–Trinajstić information content (AvgIpc) is 3.20. The van der Waals surface area contributed by atoms with E-state index in [4.69, 9.17) is 0 Å². The van der Waals surface area contributed by atoms with Crippen LogP contribution in [0.4, 0.5) is 23.2 Å². The molecule has 30 heavy (non-hydrogen) atoms. The lowest BCUT2D eigenvalue weighted by atomic mass is 9.71. The van der Waals surface area contributed by atoms with Crippen molar-refractivity contribution >= 4 is 18.1 Å². The molecule has 1 unspecified atom stereocenters. The zero-order chi connectivity index (χ0) is 20.7. The first-order valence-corrected chi connectivity index (χ1v) is 9.40. The van der Waals surface area contributed by atoms with Crippen LogP contribution in [0.25, 0.3) is 0 Å². The van der Waals surface area contributed by atoms with Crippen LogP contribution in [0, 0.1) is 0 Å². The molecule has 1 atom stereocenters.